The van der Waals surface area contributed by atoms with Gasteiger partial charge in [0, 0.05) is 0 Å². The number of para-hydroxylation sites is 2. The average molecular weight is 511 g/mol. The van der Waals surface area contributed by atoms with Crippen molar-refractivity contribution in [3.8, 4) is 11.4 Å². The van der Waals surface area contributed by atoms with Crippen LogP contribution in [-0.2, 0) is 0 Å². The molecule has 0 spiro atoms. The summed E-state index contributed by atoms with van der Waals surface area (Å²) >= 11 is 0.293. The van der Waals surface area contributed by atoms with E-state index in [1.165, 1.54) is 63.4 Å². The quantitative estimate of drug-likeness (QED) is 0.208. The molecule has 0 aliphatic heterocycles. The van der Waals surface area contributed by atoms with Crippen LogP contribution in [0.3, 0.4) is 0 Å². The molecule has 0 saturated carbocycles. The third-order valence-corrected chi connectivity index (χ3v) is 9.68. The Bertz CT molecular complexity index is 2050. The second-order valence-corrected chi connectivity index (χ2v) is 11.3. The summed E-state index contributed by atoms with van der Waals surface area (Å²) in [6.45, 7) is 0. The summed E-state index contributed by atoms with van der Waals surface area (Å²) < 4.78 is 7.74. The van der Waals surface area contributed by atoms with Gasteiger partial charge in [-0.25, -0.2) is 0 Å². The second-order valence-electron chi connectivity index (χ2n) is 9.05. The first-order valence-corrected chi connectivity index (χ1v) is 13.6. The summed E-state index contributed by atoms with van der Waals surface area (Å²) in [5, 5.41) is 6.63. The van der Waals surface area contributed by atoms with Crippen molar-refractivity contribution in [1.82, 2.24) is 9.13 Å². The summed E-state index contributed by atoms with van der Waals surface area (Å²) in [7, 11) is 0. The maximum atomic E-state index is 2.50. The molecule has 3 heteroatoms. The number of nitrogens with zero attached hydrogens (tertiary/aromatic N) is 2. The van der Waals surface area contributed by atoms with E-state index in [1.807, 2.05) is 0 Å². The van der Waals surface area contributed by atoms with Crippen LogP contribution in [0.15, 0.2) is 121 Å². The topological polar surface area (TPSA) is 9.86 Å². The number of hydrogen-bond donors (Lipinski definition) is 0. The SMILES string of the molecule is c1ccc(-n2ccc3cc4c(cc32)c2ccccc2n4-c2cccc3c2[se]c2ccccc23)cc1. The molecule has 0 amide bonds. The first kappa shape index (κ1) is 19.3. The van der Waals surface area contributed by atoms with E-state index in [1.54, 1.807) is 0 Å². The van der Waals surface area contributed by atoms with Crippen LogP contribution in [-0.4, -0.2) is 23.6 Å². The normalized spacial score (nSPS) is 12.0. The van der Waals surface area contributed by atoms with Crippen LogP contribution in [0, 0.1) is 0 Å². The van der Waals surface area contributed by atoms with Gasteiger partial charge in [-0.3, -0.25) is 0 Å². The van der Waals surface area contributed by atoms with Gasteiger partial charge in [0.2, 0.25) is 0 Å². The van der Waals surface area contributed by atoms with Crippen LogP contribution in [0.5, 0.6) is 0 Å². The molecule has 0 atom stereocenters. The van der Waals surface area contributed by atoms with Crippen molar-refractivity contribution in [1.29, 1.82) is 0 Å². The van der Waals surface area contributed by atoms with Gasteiger partial charge in [0.15, 0.2) is 0 Å². The van der Waals surface area contributed by atoms with Crippen LogP contribution in [0.4, 0.5) is 0 Å². The molecule has 8 aromatic rings. The van der Waals surface area contributed by atoms with E-state index in [-0.39, 0.29) is 0 Å². The Morgan fingerprint density at radius 2 is 1.29 bits per heavy atom. The van der Waals surface area contributed by atoms with Crippen molar-refractivity contribution in [2.24, 2.45) is 0 Å². The summed E-state index contributed by atoms with van der Waals surface area (Å²) in [5.74, 6) is 0. The Labute approximate surface area is 208 Å². The van der Waals surface area contributed by atoms with Gasteiger partial charge in [0.1, 0.15) is 0 Å². The molecule has 0 aliphatic carbocycles. The molecule has 0 saturated heterocycles. The summed E-state index contributed by atoms with van der Waals surface area (Å²) in [5.41, 5.74) is 6.27. The minimum absolute atomic E-state index is 0.293. The third-order valence-electron chi connectivity index (χ3n) is 7.14. The van der Waals surface area contributed by atoms with E-state index in [0.29, 0.717) is 14.5 Å². The fraction of sp³-hybridized carbons (Fsp3) is 0. The van der Waals surface area contributed by atoms with E-state index in [2.05, 4.69) is 131 Å². The van der Waals surface area contributed by atoms with E-state index >= 15 is 0 Å². The zero-order valence-electron chi connectivity index (χ0n) is 18.8. The predicted octanol–water partition coefficient (Wildman–Crippen LogP) is 8.09. The van der Waals surface area contributed by atoms with Crippen LogP contribution < -0.4 is 0 Å². The molecule has 0 radical (unpaired) electrons. The minimum atomic E-state index is 0.293. The molecule has 0 aliphatic rings. The molecule has 8 rings (SSSR count). The third kappa shape index (κ3) is 2.71. The molecule has 35 heavy (non-hydrogen) atoms. The Morgan fingerprint density at radius 1 is 0.514 bits per heavy atom. The zero-order valence-corrected chi connectivity index (χ0v) is 20.6. The molecule has 0 N–H and O–H groups in total. The van der Waals surface area contributed by atoms with Crippen molar-refractivity contribution in [3.05, 3.63) is 121 Å². The van der Waals surface area contributed by atoms with Gasteiger partial charge in [0.25, 0.3) is 0 Å². The van der Waals surface area contributed by atoms with Gasteiger partial charge in [-0.05, 0) is 0 Å². The summed E-state index contributed by atoms with van der Waals surface area (Å²) in [6, 6.07) is 42.1. The molecule has 0 fully saturated rings. The zero-order chi connectivity index (χ0) is 22.9. The second kappa shape index (κ2) is 7.23. The number of fused-ring (bicyclic) bond motifs is 7. The van der Waals surface area contributed by atoms with Crippen LogP contribution in [0.2, 0.25) is 0 Å². The molecule has 0 bridgehead atoms. The first-order chi connectivity index (χ1) is 17.4. The van der Waals surface area contributed by atoms with Crippen molar-refractivity contribution < 1.29 is 0 Å². The molecule has 2 nitrogen and oxygen atoms in total. The Balaban J connectivity index is 1.50. The number of rotatable bonds is 2. The van der Waals surface area contributed by atoms with Gasteiger partial charge in [0.05, 0.1) is 0 Å². The molecular weight excluding hydrogens is 491 g/mol. The Morgan fingerprint density at radius 3 is 2.20 bits per heavy atom. The van der Waals surface area contributed by atoms with Gasteiger partial charge >= 0.3 is 208 Å². The van der Waals surface area contributed by atoms with Crippen molar-refractivity contribution in [2.75, 3.05) is 0 Å². The molecular formula is C32H20N2Se. The van der Waals surface area contributed by atoms with E-state index in [9.17, 15) is 0 Å². The van der Waals surface area contributed by atoms with E-state index < -0.39 is 0 Å². The molecule has 164 valence electrons. The predicted molar refractivity (Wildman–Crippen MR) is 150 cm³/mol. The van der Waals surface area contributed by atoms with Crippen LogP contribution in [0.1, 0.15) is 0 Å². The molecule has 3 heterocycles. The van der Waals surface area contributed by atoms with E-state index in [0.717, 1.165) is 0 Å². The molecule has 3 aromatic heterocycles. The number of hydrogen-bond acceptors (Lipinski definition) is 0. The molecule has 5 aromatic carbocycles. The standard InChI is InChI=1S/C32H20N2Se/c1-2-9-22(10-3-1)33-18-17-21-19-30-26(20-29(21)33)23-11-4-6-14-27(23)34(30)28-15-8-13-25-24-12-5-7-16-31(24)35-32(25)28/h1-20H. The van der Waals surface area contributed by atoms with Crippen molar-refractivity contribution in [3.63, 3.8) is 0 Å². The van der Waals surface area contributed by atoms with Crippen molar-refractivity contribution in [2.45, 2.75) is 0 Å². The monoisotopic (exact) mass is 512 g/mol. The van der Waals surface area contributed by atoms with Gasteiger partial charge in [-0.15, -0.1) is 0 Å². The van der Waals surface area contributed by atoms with Crippen LogP contribution >= 0.6 is 0 Å². The van der Waals surface area contributed by atoms with Gasteiger partial charge in [-0.1, -0.05) is 0 Å². The summed E-state index contributed by atoms with van der Waals surface area (Å²) in [4.78, 5) is 0. The Kier molecular flexibility index (Phi) is 3.98. The number of aromatic nitrogens is 2. The molecule has 0 unspecified atom stereocenters. The maximum absolute atomic E-state index is 2.50. The summed E-state index contributed by atoms with van der Waals surface area (Å²) in [6.07, 6.45) is 2.19. The van der Waals surface area contributed by atoms with E-state index in [4.69, 9.17) is 0 Å². The van der Waals surface area contributed by atoms with Crippen LogP contribution in [0.25, 0.3) is 63.4 Å². The Hall–Kier alpha value is -4.04. The van der Waals surface area contributed by atoms with Gasteiger partial charge < -0.3 is 0 Å². The fourth-order valence-corrected chi connectivity index (χ4v) is 8.11. The average Bonchev–Trinajstić information content (AvgIpc) is 3.59. The first-order valence-electron chi connectivity index (χ1n) is 11.9. The van der Waals surface area contributed by atoms with Crippen molar-refractivity contribution >= 4 is 66.5 Å². The number of benzene rings is 5. The fourth-order valence-electron chi connectivity index (χ4n) is 5.58. The van der Waals surface area contributed by atoms with Gasteiger partial charge in [-0.2, -0.15) is 0 Å².